The van der Waals surface area contributed by atoms with Gasteiger partial charge in [0.1, 0.15) is 0 Å². The summed E-state index contributed by atoms with van der Waals surface area (Å²) in [6, 6.07) is 0. The Morgan fingerprint density at radius 3 is 1.25 bits per heavy atom. The maximum atomic E-state index is 8.00. The monoisotopic (exact) mass is 450 g/mol. The van der Waals surface area contributed by atoms with E-state index in [0.29, 0.717) is 0 Å². The fourth-order valence-corrected chi connectivity index (χ4v) is 0. The minimum absolute atomic E-state index is 0. The first-order valence-electron chi connectivity index (χ1n) is 0.289. The quantitative estimate of drug-likeness (QED) is 0.364. The predicted octanol–water partition coefficient (Wildman–Crippen LogP) is -2.87. The first-order valence-corrected chi connectivity index (χ1v) is 0.289. The molecule has 0 aromatic heterocycles. The molecule has 0 fully saturated rings. The van der Waals surface area contributed by atoms with Gasteiger partial charge in [-0.05, 0) is 0 Å². The van der Waals surface area contributed by atoms with Gasteiger partial charge >= 0.3 is 65.9 Å². The van der Waals surface area contributed by atoms with Crippen LogP contribution in [0.5, 0.6) is 0 Å². The summed E-state index contributed by atoms with van der Waals surface area (Å²) < 4.78 is 8.00. The van der Waals surface area contributed by atoms with Crippen molar-refractivity contribution in [2.45, 2.75) is 0 Å². The predicted molar refractivity (Wildman–Crippen MR) is 26.3 cm³/mol. The SMILES string of the molecule is B=O.[BiH3].[PbH2]. The van der Waals surface area contributed by atoms with Crippen LogP contribution in [0, 0.1) is 0 Å². The molecule has 0 rings (SSSR count). The van der Waals surface area contributed by atoms with Crippen molar-refractivity contribution >= 4 is 61.2 Å². The minimum atomic E-state index is 0. The second-order valence-electron chi connectivity index (χ2n) is 0. The van der Waals surface area contributed by atoms with Gasteiger partial charge < -0.3 is 0 Å². The molecule has 0 saturated carbocycles. The molecule has 0 aliphatic carbocycles. The molecule has 0 spiro atoms. The van der Waals surface area contributed by atoms with E-state index in [-0.39, 0.29) is 53.5 Å². The molecular formula is H6BBiOPb. The molecule has 24 valence electrons. The Kier molecular flexibility index (Phi) is 97.8. The zero-order valence-corrected chi connectivity index (χ0v) is 13.5. The van der Waals surface area contributed by atoms with E-state index in [2.05, 4.69) is 0 Å². The molecule has 0 heterocycles. The second kappa shape index (κ2) is 22.6. The maximum absolute atomic E-state index is 8.00. The summed E-state index contributed by atoms with van der Waals surface area (Å²) in [5.41, 5.74) is 0. The number of rotatable bonds is 0. The molecule has 4 heavy (non-hydrogen) atoms. The summed E-state index contributed by atoms with van der Waals surface area (Å²) >= 11 is 0. The van der Waals surface area contributed by atoms with Gasteiger partial charge in [0, 0.05) is 0 Å². The number of hydrogen-bond donors (Lipinski definition) is 0. The third-order valence-electron chi connectivity index (χ3n) is 0. The van der Waals surface area contributed by atoms with E-state index in [0.717, 1.165) is 0 Å². The molecule has 0 aromatic carbocycles. The van der Waals surface area contributed by atoms with Crippen LogP contribution in [0.1, 0.15) is 0 Å². The van der Waals surface area contributed by atoms with Crippen LogP contribution in [-0.2, 0) is 4.70 Å². The average molecular weight is 449 g/mol. The van der Waals surface area contributed by atoms with Crippen LogP contribution in [0.3, 0.4) is 0 Å². The fourth-order valence-electron chi connectivity index (χ4n) is 0. The summed E-state index contributed by atoms with van der Waals surface area (Å²) in [5.74, 6) is 0. The first-order chi connectivity index (χ1) is 1.00. The van der Waals surface area contributed by atoms with Gasteiger partial charge in [-0.2, -0.15) is 0 Å². The third kappa shape index (κ3) is 9.38. The molecule has 0 N–H and O–H groups in total. The standard InChI is InChI=1S/BHO.Bi.Pb.5H/c1-2;;;;;;;/h1H;;;;;;;. The Balaban J connectivity index is -0.00000000500. The Hall–Kier alpha value is 1.67. The van der Waals surface area contributed by atoms with E-state index >= 15 is 0 Å². The zero-order chi connectivity index (χ0) is 2.00. The van der Waals surface area contributed by atoms with Gasteiger partial charge in [0.05, 0.1) is 0 Å². The van der Waals surface area contributed by atoms with Crippen molar-refractivity contribution in [3.05, 3.63) is 0 Å². The van der Waals surface area contributed by atoms with E-state index in [4.69, 9.17) is 4.70 Å². The number of hydrogen-bond acceptors (Lipinski definition) is 1. The van der Waals surface area contributed by atoms with Gasteiger partial charge in [-0.1, -0.05) is 0 Å². The van der Waals surface area contributed by atoms with Crippen molar-refractivity contribution in [1.29, 1.82) is 0 Å². The average Bonchev–Trinajstić information content (AvgIpc) is 1.00. The topological polar surface area (TPSA) is 17.1 Å². The van der Waals surface area contributed by atoms with Crippen LogP contribution in [0.15, 0.2) is 0 Å². The van der Waals surface area contributed by atoms with Crippen molar-refractivity contribution in [2.75, 3.05) is 0 Å². The Bertz CT molecular complexity index is 8.00. The van der Waals surface area contributed by atoms with Crippen LogP contribution in [-0.4, -0.2) is 61.2 Å². The van der Waals surface area contributed by atoms with Crippen LogP contribution in [0.4, 0.5) is 0 Å². The van der Waals surface area contributed by atoms with Gasteiger partial charge in [-0.15, -0.1) is 0 Å². The molecule has 0 atom stereocenters. The van der Waals surface area contributed by atoms with E-state index in [9.17, 15) is 0 Å². The second-order valence-corrected chi connectivity index (χ2v) is 0. The van der Waals surface area contributed by atoms with Crippen molar-refractivity contribution in [3.8, 4) is 0 Å². The van der Waals surface area contributed by atoms with Gasteiger partial charge in [-0.3, -0.25) is 0 Å². The van der Waals surface area contributed by atoms with E-state index in [1.165, 1.54) is 0 Å². The fraction of sp³-hybridized carbons (Fsp3) is 0. The molecule has 0 bridgehead atoms. The molecular weight excluding hydrogens is 443 g/mol. The van der Waals surface area contributed by atoms with Crippen LogP contribution < -0.4 is 0 Å². The molecule has 0 amide bonds. The molecule has 0 aliphatic heterocycles. The summed E-state index contributed by atoms with van der Waals surface area (Å²) in [4.78, 5) is 0. The Morgan fingerprint density at radius 1 is 1.25 bits per heavy atom. The molecule has 2 radical (unpaired) electrons. The molecule has 0 saturated heterocycles. The zero-order valence-electron chi connectivity index (χ0n) is 2.53. The summed E-state index contributed by atoms with van der Waals surface area (Å²) in [6.45, 7) is 0. The van der Waals surface area contributed by atoms with E-state index in [1.807, 2.05) is 7.72 Å². The first kappa shape index (κ1) is 17.3. The van der Waals surface area contributed by atoms with Crippen molar-refractivity contribution in [1.82, 2.24) is 0 Å². The summed E-state index contributed by atoms with van der Waals surface area (Å²) in [5, 5.41) is 0. The van der Waals surface area contributed by atoms with Gasteiger partial charge in [0.2, 0.25) is 0 Å². The van der Waals surface area contributed by atoms with Crippen molar-refractivity contribution < 1.29 is 4.70 Å². The molecule has 1 nitrogen and oxygen atoms in total. The van der Waals surface area contributed by atoms with Crippen LogP contribution >= 0.6 is 0 Å². The van der Waals surface area contributed by atoms with Crippen molar-refractivity contribution in [3.63, 3.8) is 0 Å². The van der Waals surface area contributed by atoms with E-state index < -0.39 is 0 Å². The molecule has 0 aliphatic rings. The van der Waals surface area contributed by atoms with Gasteiger partial charge in [0.25, 0.3) is 0 Å². The Labute approximate surface area is 65.2 Å². The Morgan fingerprint density at radius 2 is 1.25 bits per heavy atom. The molecule has 0 unspecified atom stereocenters. The summed E-state index contributed by atoms with van der Waals surface area (Å²) in [7, 11) is 2.00. The van der Waals surface area contributed by atoms with Gasteiger partial charge in [0.15, 0.2) is 0 Å². The van der Waals surface area contributed by atoms with Crippen molar-refractivity contribution in [2.24, 2.45) is 0 Å². The normalized spacial score (nSPS) is 0.750. The van der Waals surface area contributed by atoms with E-state index in [1.54, 1.807) is 0 Å². The third-order valence-corrected chi connectivity index (χ3v) is 0. The van der Waals surface area contributed by atoms with Crippen LogP contribution in [0.25, 0.3) is 0 Å². The van der Waals surface area contributed by atoms with Crippen LogP contribution in [0.2, 0.25) is 0 Å². The summed E-state index contributed by atoms with van der Waals surface area (Å²) in [6.07, 6.45) is 0. The molecule has 4 heteroatoms. The van der Waals surface area contributed by atoms with Gasteiger partial charge in [-0.25, -0.2) is 0 Å². The molecule has 0 aromatic rings.